The summed E-state index contributed by atoms with van der Waals surface area (Å²) in [4.78, 5) is 9.38. The van der Waals surface area contributed by atoms with Crippen LogP contribution in [0.3, 0.4) is 0 Å². The van der Waals surface area contributed by atoms with E-state index in [9.17, 15) is 0 Å². The first-order valence-electron chi connectivity index (χ1n) is 19.1. The standard InChI is InChI=1S/C30H26NO.C18H24NSi.Ir/c1-3-8-21(9-4-1)18-22-16-17-31-28(19-22)27-13-7-12-26-25-15-14-24(20-29(25)32-30(26)27)23-10-5-2-6-11-23;1-14(2)11-16-12-17(15-9-7-6-8-10-15)19-13-18(16)20(3,4)5;/h2,5-7,10-12,14-17,19-21H,1,3-4,8-9,18H2;6-9,12-14H,11H2,1-5H3;/q2*-1;. The summed E-state index contributed by atoms with van der Waals surface area (Å²) in [6, 6.07) is 42.4. The maximum absolute atomic E-state index is 6.42. The molecule has 1 radical (unpaired) electrons. The Morgan fingerprint density at radius 3 is 2.28 bits per heavy atom. The van der Waals surface area contributed by atoms with E-state index >= 15 is 0 Å². The van der Waals surface area contributed by atoms with Gasteiger partial charge in [-0.2, -0.15) is 0 Å². The largest absolute Gasteiger partial charge is 0.501 e. The number of rotatable bonds is 8. The molecule has 8 rings (SSSR count). The fraction of sp³-hybridized carbons (Fsp3) is 0.292. The Hall–Kier alpha value is -4.15. The maximum atomic E-state index is 6.42. The average molecular weight is 891 g/mol. The third-order valence-electron chi connectivity index (χ3n) is 10.3. The van der Waals surface area contributed by atoms with Crippen LogP contribution in [0, 0.1) is 24.0 Å². The van der Waals surface area contributed by atoms with Crippen LogP contribution in [0.15, 0.2) is 120 Å². The van der Waals surface area contributed by atoms with Crippen LogP contribution in [-0.2, 0) is 32.9 Å². The van der Waals surface area contributed by atoms with E-state index < -0.39 is 8.07 Å². The Morgan fingerprint density at radius 2 is 1.55 bits per heavy atom. The SMILES string of the molecule is CC(C)Cc1cc(-c2[c-]cccc2)ncc1[Si](C)(C)C.[Ir].[c-]1ccc2c(oc3cc(-c4ccccc4)ccc32)c1-c1cc(CC2CCCCC2)ccn1. The monoisotopic (exact) mass is 891 g/mol. The molecular formula is C48H50IrN2OSi-2. The first kappa shape index (κ1) is 38.6. The molecule has 0 amide bonds. The smallest absolute Gasteiger partial charge is 0.121 e. The second-order valence-electron chi connectivity index (χ2n) is 15.9. The van der Waals surface area contributed by atoms with Crippen molar-refractivity contribution in [2.24, 2.45) is 11.8 Å². The molecule has 1 aliphatic rings. The minimum absolute atomic E-state index is 0. The fourth-order valence-corrected chi connectivity index (χ4v) is 9.28. The number of furan rings is 1. The van der Waals surface area contributed by atoms with E-state index in [0.717, 1.165) is 68.8 Å². The molecule has 4 aromatic carbocycles. The second-order valence-corrected chi connectivity index (χ2v) is 20.9. The summed E-state index contributed by atoms with van der Waals surface area (Å²) in [5.41, 5.74) is 11.0. The molecule has 273 valence electrons. The van der Waals surface area contributed by atoms with Gasteiger partial charge in [0.1, 0.15) is 5.58 Å². The van der Waals surface area contributed by atoms with Crippen molar-refractivity contribution in [2.45, 2.75) is 78.4 Å². The molecule has 53 heavy (non-hydrogen) atoms. The molecular weight excluding hydrogens is 841 g/mol. The van der Waals surface area contributed by atoms with Crippen molar-refractivity contribution >= 4 is 35.2 Å². The topological polar surface area (TPSA) is 38.9 Å². The number of benzene rings is 4. The quantitative estimate of drug-likeness (QED) is 0.113. The number of fused-ring (bicyclic) bond motifs is 3. The van der Waals surface area contributed by atoms with E-state index in [4.69, 9.17) is 9.40 Å². The third kappa shape index (κ3) is 9.33. The number of hydrogen-bond acceptors (Lipinski definition) is 3. The molecule has 0 bridgehead atoms. The number of nitrogens with zero attached hydrogens (tertiary/aromatic N) is 2. The van der Waals surface area contributed by atoms with Gasteiger partial charge in [-0.05, 0) is 64.5 Å². The Balaban J connectivity index is 0.000000199. The molecule has 0 spiro atoms. The van der Waals surface area contributed by atoms with Gasteiger partial charge < -0.3 is 14.4 Å². The van der Waals surface area contributed by atoms with Crippen molar-refractivity contribution < 1.29 is 24.5 Å². The van der Waals surface area contributed by atoms with Crippen molar-refractivity contribution in [3.05, 3.63) is 139 Å². The van der Waals surface area contributed by atoms with Gasteiger partial charge >= 0.3 is 0 Å². The van der Waals surface area contributed by atoms with Crippen LogP contribution < -0.4 is 5.19 Å². The third-order valence-corrected chi connectivity index (χ3v) is 12.3. The van der Waals surface area contributed by atoms with E-state index in [1.807, 2.05) is 36.5 Å². The van der Waals surface area contributed by atoms with E-state index in [1.54, 1.807) is 0 Å². The molecule has 3 heterocycles. The molecule has 1 saturated carbocycles. The van der Waals surface area contributed by atoms with Crippen molar-refractivity contribution in [3.63, 3.8) is 0 Å². The molecule has 1 fully saturated rings. The summed E-state index contributed by atoms with van der Waals surface area (Å²) in [6.07, 6.45) is 13.2. The molecule has 3 nitrogen and oxygen atoms in total. The fourth-order valence-electron chi connectivity index (χ4n) is 7.69. The molecule has 1 aliphatic carbocycles. The molecule has 0 saturated heterocycles. The first-order valence-corrected chi connectivity index (χ1v) is 22.6. The van der Waals surface area contributed by atoms with Crippen molar-refractivity contribution in [2.75, 3.05) is 0 Å². The second kappa shape index (κ2) is 17.3. The zero-order valence-electron chi connectivity index (χ0n) is 31.7. The average Bonchev–Trinajstić information content (AvgIpc) is 3.54. The van der Waals surface area contributed by atoms with Crippen LogP contribution in [0.25, 0.3) is 55.6 Å². The summed E-state index contributed by atoms with van der Waals surface area (Å²) in [5, 5.41) is 3.74. The Bertz CT molecular complexity index is 2250. The van der Waals surface area contributed by atoms with Gasteiger partial charge in [-0.25, -0.2) is 0 Å². The minimum Gasteiger partial charge on any atom is -0.501 e. The van der Waals surface area contributed by atoms with Crippen LogP contribution in [0.2, 0.25) is 19.6 Å². The summed E-state index contributed by atoms with van der Waals surface area (Å²) in [6.45, 7) is 11.7. The summed E-state index contributed by atoms with van der Waals surface area (Å²) < 4.78 is 6.42. The normalized spacial score (nSPS) is 13.5. The Morgan fingerprint density at radius 1 is 0.755 bits per heavy atom. The van der Waals surface area contributed by atoms with Crippen molar-refractivity contribution in [1.29, 1.82) is 0 Å². The van der Waals surface area contributed by atoms with Gasteiger partial charge in [0, 0.05) is 37.9 Å². The molecule has 5 heteroatoms. The number of aromatic nitrogens is 2. The van der Waals surface area contributed by atoms with E-state index in [2.05, 4.69) is 130 Å². The number of pyridine rings is 2. The van der Waals surface area contributed by atoms with Gasteiger partial charge in [0.25, 0.3) is 0 Å². The Labute approximate surface area is 330 Å². The molecule has 7 aromatic rings. The minimum atomic E-state index is -1.34. The summed E-state index contributed by atoms with van der Waals surface area (Å²) in [7, 11) is -1.34. The van der Waals surface area contributed by atoms with Crippen molar-refractivity contribution in [1.82, 2.24) is 9.97 Å². The van der Waals surface area contributed by atoms with Gasteiger partial charge in [-0.1, -0.05) is 142 Å². The summed E-state index contributed by atoms with van der Waals surface area (Å²) >= 11 is 0. The maximum Gasteiger partial charge on any atom is 0.121 e. The van der Waals surface area contributed by atoms with Crippen LogP contribution >= 0.6 is 0 Å². The van der Waals surface area contributed by atoms with E-state index in [-0.39, 0.29) is 20.1 Å². The van der Waals surface area contributed by atoms with Crippen LogP contribution in [-0.4, -0.2) is 18.0 Å². The van der Waals surface area contributed by atoms with Crippen LogP contribution in [0.5, 0.6) is 0 Å². The van der Waals surface area contributed by atoms with Crippen LogP contribution in [0.1, 0.15) is 57.1 Å². The summed E-state index contributed by atoms with van der Waals surface area (Å²) in [5.74, 6) is 1.47. The number of hydrogen-bond donors (Lipinski definition) is 0. The van der Waals surface area contributed by atoms with Crippen molar-refractivity contribution in [3.8, 4) is 33.6 Å². The van der Waals surface area contributed by atoms with Gasteiger partial charge in [-0.15, -0.1) is 54.1 Å². The van der Waals surface area contributed by atoms with Gasteiger partial charge in [0.15, 0.2) is 0 Å². The molecule has 0 unspecified atom stereocenters. The molecule has 0 aliphatic heterocycles. The molecule has 0 atom stereocenters. The van der Waals surface area contributed by atoms with Gasteiger partial charge in [0.2, 0.25) is 0 Å². The van der Waals surface area contributed by atoms with E-state index in [0.29, 0.717) is 5.92 Å². The predicted octanol–water partition coefficient (Wildman–Crippen LogP) is 12.5. The van der Waals surface area contributed by atoms with Gasteiger partial charge in [-0.3, -0.25) is 0 Å². The predicted molar refractivity (Wildman–Crippen MR) is 222 cm³/mol. The Kier molecular flexibility index (Phi) is 12.6. The van der Waals surface area contributed by atoms with Crippen LogP contribution in [0.4, 0.5) is 0 Å². The first-order chi connectivity index (χ1) is 25.2. The van der Waals surface area contributed by atoms with Gasteiger partial charge in [0.05, 0.1) is 13.7 Å². The zero-order chi connectivity index (χ0) is 36.1. The zero-order valence-corrected chi connectivity index (χ0v) is 35.1. The molecule has 3 aromatic heterocycles. The van der Waals surface area contributed by atoms with E-state index in [1.165, 1.54) is 54.0 Å². The molecule has 0 N–H and O–H groups in total.